The van der Waals surface area contributed by atoms with Crippen molar-refractivity contribution in [3.8, 4) is 0 Å². The number of alkyl halides is 1. The predicted octanol–water partition coefficient (Wildman–Crippen LogP) is 2.38. The topological polar surface area (TPSA) is 46.5 Å². The molecule has 0 spiro atoms. The number of carbonyl (C=O) groups is 1. The molecule has 0 heterocycles. The maximum atomic E-state index is 13.5. The fourth-order valence-electron chi connectivity index (χ4n) is 1.21. The van der Waals surface area contributed by atoms with Crippen molar-refractivity contribution in [2.75, 3.05) is 6.61 Å². The molecular weight excluding hydrogens is 279 g/mol. The van der Waals surface area contributed by atoms with Crippen molar-refractivity contribution in [2.45, 2.75) is 19.2 Å². The molecule has 0 saturated heterocycles. The van der Waals surface area contributed by atoms with E-state index in [0.29, 0.717) is 10.0 Å². The summed E-state index contributed by atoms with van der Waals surface area (Å²) in [6.45, 7) is 1.67. The van der Waals surface area contributed by atoms with Gasteiger partial charge < -0.3 is 9.84 Å². The van der Waals surface area contributed by atoms with Gasteiger partial charge in [-0.15, -0.1) is 0 Å². The zero-order valence-electron chi connectivity index (χ0n) is 8.69. The van der Waals surface area contributed by atoms with Gasteiger partial charge in [0.15, 0.2) is 0 Å². The van der Waals surface area contributed by atoms with Gasteiger partial charge in [0.25, 0.3) is 0 Å². The Morgan fingerprint density at radius 3 is 2.88 bits per heavy atom. The summed E-state index contributed by atoms with van der Waals surface area (Å²) in [4.78, 5) is 11.1. The Balaban J connectivity index is 2.77. The first-order chi connectivity index (χ1) is 7.56. The zero-order chi connectivity index (χ0) is 12.1. The van der Waals surface area contributed by atoms with Crippen LogP contribution in [-0.4, -0.2) is 23.9 Å². The van der Waals surface area contributed by atoms with Gasteiger partial charge in [-0.2, -0.15) is 0 Å². The molecule has 0 aromatic heterocycles. The van der Waals surface area contributed by atoms with Gasteiger partial charge in [-0.25, -0.2) is 9.18 Å². The molecule has 0 saturated carbocycles. The Labute approximate surface area is 101 Å². The van der Waals surface area contributed by atoms with Crippen molar-refractivity contribution < 1.29 is 19.0 Å². The summed E-state index contributed by atoms with van der Waals surface area (Å²) >= 11 is 3.20. The predicted molar refractivity (Wildman–Crippen MR) is 60.6 cm³/mol. The molecule has 3 nitrogen and oxygen atoms in total. The number of ether oxygens (including phenoxy) is 1. The van der Waals surface area contributed by atoms with Crippen LogP contribution in [0.2, 0.25) is 0 Å². The molecule has 2 unspecified atom stereocenters. The number of rotatable bonds is 4. The Bertz CT molecular complexity index is 370. The van der Waals surface area contributed by atoms with Crippen molar-refractivity contribution in [2.24, 2.45) is 0 Å². The summed E-state index contributed by atoms with van der Waals surface area (Å²) in [5, 5.41) is 9.61. The van der Waals surface area contributed by atoms with E-state index in [9.17, 15) is 14.3 Å². The number of esters is 1. The second-order valence-corrected chi connectivity index (χ2v) is 4.07. The van der Waals surface area contributed by atoms with Crippen LogP contribution in [0.5, 0.6) is 0 Å². The van der Waals surface area contributed by atoms with Crippen LogP contribution in [0.4, 0.5) is 4.39 Å². The second-order valence-electron chi connectivity index (χ2n) is 3.15. The molecule has 0 amide bonds. The van der Waals surface area contributed by atoms with E-state index in [1.54, 1.807) is 31.2 Å². The average molecular weight is 291 g/mol. The van der Waals surface area contributed by atoms with Crippen LogP contribution >= 0.6 is 15.9 Å². The fraction of sp³-hybridized carbons (Fsp3) is 0.364. The van der Waals surface area contributed by atoms with Gasteiger partial charge >= 0.3 is 5.97 Å². The molecule has 0 aliphatic heterocycles. The molecule has 2 atom stereocenters. The van der Waals surface area contributed by atoms with Crippen molar-refractivity contribution in [1.29, 1.82) is 0 Å². The minimum Gasteiger partial charge on any atom is -0.464 e. The van der Waals surface area contributed by atoms with E-state index in [1.807, 2.05) is 0 Å². The summed E-state index contributed by atoms with van der Waals surface area (Å²) in [5.74, 6) is -1.05. The lowest BCUT2D eigenvalue weighted by molar-refractivity contribution is -0.153. The van der Waals surface area contributed by atoms with Gasteiger partial charge in [0, 0.05) is 4.47 Å². The first-order valence-electron chi connectivity index (χ1n) is 4.80. The van der Waals surface area contributed by atoms with Crippen molar-refractivity contribution in [3.05, 3.63) is 34.3 Å². The smallest absolute Gasteiger partial charge is 0.343 e. The largest absolute Gasteiger partial charge is 0.464 e. The molecule has 0 bridgehead atoms. The lowest BCUT2D eigenvalue weighted by Gasteiger charge is -2.14. The highest BCUT2D eigenvalue weighted by molar-refractivity contribution is 9.10. The van der Waals surface area contributed by atoms with Crippen molar-refractivity contribution >= 4 is 21.9 Å². The first-order valence-corrected chi connectivity index (χ1v) is 5.59. The third-order valence-corrected chi connectivity index (χ3v) is 2.47. The van der Waals surface area contributed by atoms with Crippen molar-refractivity contribution in [3.63, 3.8) is 0 Å². The number of aliphatic hydroxyl groups is 1. The SMILES string of the molecule is CCOC(=O)C(F)C(O)c1cccc(Br)c1. The maximum absolute atomic E-state index is 13.5. The van der Waals surface area contributed by atoms with Crippen LogP contribution in [0.3, 0.4) is 0 Å². The normalized spacial score (nSPS) is 14.2. The molecule has 1 rings (SSSR count). The molecular formula is C11H12BrFO3. The summed E-state index contributed by atoms with van der Waals surface area (Å²) in [5.41, 5.74) is 0.329. The molecule has 88 valence electrons. The summed E-state index contributed by atoms with van der Waals surface area (Å²) in [6.07, 6.45) is -3.56. The van der Waals surface area contributed by atoms with Gasteiger partial charge in [0.1, 0.15) is 6.10 Å². The highest BCUT2D eigenvalue weighted by Crippen LogP contribution is 2.23. The van der Waals surface area contributed by atoms with Gasteiger partial charge in [0.2, 0.25) is 6.17 Å². The molecule has 0 aliphatic carbocycles. The summed E-state index contributed by atoms with van der Waals surface area (Å²) < 4.78 is 18.7. The lowest BCUT2D eigenvalue weighted by atomic mass is 10.1. The van der Waals surface area contributed by atoms with E-state index >= 15 is 0 Å². The van der Waals surface area contributed by atoms with Crippen LogP contribution in [0, 0.1) is 0 Å². The molecule has 0 aliphatic rings. The molecule has 0 fully saturated rings. The van der Waals surface area contributed by atoms with Crippen molar-refractivity contribution in [1.82, 2.24) is 0 Å². The highest BCUT2D eigenvalue weighted by atomic mass is 79.9. The van der Waals surface area contributed by atoms with Crippen LogP contribution in [0.15, 0.2) is 28.7 Å². The average Bonchev–Trinajstić information content (AvgIpc) is 2.27. The minimum atomic E-state index is -2.06. The molecule has 0 radical (unpaired) electrons. The van der Waals surface area contributed by atoms with Gasteiger partial charge in [-0.05, 0) is 24.6 Å². The number of carbonyl (C=O) groups excluding carboxylic acids is 1. The monoisotopic (exact) mass is 290 g/mol. The van der Waals surface area contributed by atoms with E-state index in [2.05, 4.69) is 20.7 Å². The lowest BCUT2D eigenvalue weighted by Crippen LogP contribution is -2.26. The number of hydrogen-bond donors (Lipinski definition) is 1. The van der Waals surface area contributed by atoms with Crippen LogP contribution in [0.1, 0.15) is 18.6 Å². The van der Waals surface area contributed by atoms with E-state index < -0.39 is 18.2 Å². The number of benzene rings is 1. The number of halogens is 2. The molecule has 1 aromatic rings. The standard InChI is InChI=1S/C11H12BrFO3/c1-2-16-11(15)9(13)10(14)7-4-3-5-8(12)6-7/h3-6,9-10,14H,2H2,1H3. The molecule has 1 N–H and O–H groups in total. The first kappa shape index (κ1) is 13.1. The Hall–Kier alpha value is -0.940. The highest BCUT2D eigenvalue weighted by Gasteiger charge is 2.28. The van der Waals surface area contributed by atoms with E-state index in [-0.39, 0.29) is 6.61 Å². The van der Waals surface area contributed by atoms with E-state index in [1.165, 1.54) is 0 Å². The Morgan fingerprint density at radius 2 is 2.31 bits per heavy atom. The van der Waals surface area contributed by atoms with Crippen LogP contribution in [-0.2, 0) is 9.53 Å². The van der Waals surface area contributed by atoms with Gasteiger partial charge in [-0.3, -0.25) is 0 Å². The zero-order valence-corrected chi connectivity index (χ0v) is 10.3. The van der Waals surface area contributed by atoms with Crippen LogP contribution < -0.4 is 0 Å². The minimum absolute atomic E-state index is 0.0878. The maximum Gasteiger partial charge on any atom is 0.343 e. The van der Waals surface area contributed by atoms with Gasteiger partial charge in [-0.1, -0.05) is 28.1 Å². The molecule has 5 heteroatoms. The second kappa shape index (κ2) is 5.96. The Morgan fingerprint density at radius 1 is 1.62 bits per heavy atom. The van der Waals surface area contributed by atoms with Crippen LogP contribution in [0.25, 0.3) is 0 Å². The molecule has 1 aromatic carbocycles. The fourth-order valence-corrected chi connectivity index (χ4v) is 1.63. The molecule has 16 heavy (non-hydrogen) atoms. The quantitative estimate of drug-likeness (QED) is 0.866. The van der Waals surface area contributed by atoms with Gasteiger partial charge in [0.05, 0.1) is 6.61 Å². The third-order valence-electron chi connectivity index (χ3n) is 1.98. The van der Waals surface area contributed by atoms with E-state index in [4.69, 9.17) is 0 Å². The Kier molecular flexibility index (Phi) is 4.89. The summed E-state index contributed by atoms with van der Waals surface area (Å²) in [7, 11) is 0. The van der Waals surface area contributed by atoms with E-state index in [0.717, 1.165) is 0 Å². The third kappa shape index (κ3) is 3.28. The summed E-state index contributed by atoms with van der Waals surface area (Å²) in [6, 6.07) is 6.49. The number of aliphatic hydroxyl groups excluding tert-OH is 1. The number of hydrogen-bond acceptors (Lipinski definition) is 3.